The standard InChI is InChI=1S/C17H24N2O4/c1-11-4-6-14(7-5-11)15(19-13(3)20)9-16(21)18-10-12(2)8-17(22)23/h4-7,12,15H,8-10H2,1-3H3,(H,18,21)(H,19,20)(H,22,23). The molecule has 6 heteroatoms. The fourth-order valence-electron chi connectivity index (χ4n) is 2.21. The Bertz CT molecular complexity index is 554. The van der Waals surface area contributed by atoms with E-state index in [1.165, 1.54) is 6.92 Å². The van der Waals surface area contributed by atoms with Crippen LogP contribution in [0.3, 0.4) is 0 Å². The van der Waals surface area contributed by atoms with Gasteiger partial charge in [0.15, 0.2) is 0 Å². The number of carbonyl (C=O) groups is 3. The van der Waals surface area contributed by atoms with Gasteiger partial charge in [-0.25, -0.2) is 0 Å². The third-order valence-corrected chi connectivity index (χ3v) is 3.42. The van der Waals surface area contributed by atoms with E-state index >= 15 is 0 Å². The van der Waals surface area contributed by atoms with E-state index in [1.54, 1.807) is 6.92 Å². The molecule has 1 aromatic rings. The third kappa shape index (κ3) is 7.44. The van der Waals surface area contributed by atoms with Crippen LogP contribution in [0.1, 0.15) is 43.9 Å². The van der Waals surface area contributed by atoms with Crippen LogP contribution in [0.2, 0.25) is 0 Å². The fraction of sp³-hybridized carbons (Fsp3) is 0.471. The molecule has 1 aromatic carbocycles. The largest absolute Gasteiger partial charge is 0.481 e. The summed E-state index contributed by atoms with van der Waals surface area (Å²) >= 11 is 0. The lowest BCUT2D eigenvalue weighted by Gasteiger charge is -2.19. The molecule has 6 nitrogen and oxygen atoms in total. The molecular formula is C17H24N2O4. The second-order valence-electron chi connectivity index (χ2n) is 5.88. The van der Waals surface area contributed by atoms with Gasteiger partial charge >= 0.3 is 5.97 Å². The van der Waals surface area contributed by atoms with Crippen LogP contribution in [-0.4, -0.2) is 29.4 Å². The predicted molar refractivity (Wildman–Crippen MR) is 86.8 cm³/mol. The SMILES string of the molecule is CC(=O)NC(CC(=O)NCC(C)CC(=O)O)c1ccc(C)cc1. The van der Waals surface area contributed by atoms with Gasteiger partial charge in [0.25, 0.3) is 0 Å². The molecule has 0 aliphatic rings. The number of aliphatic carboxylic acids is 1. The second-order valence-corrected chi connectivity index (χ2v) is 5.88. The molecule has 0 aliphatic carbocycles. The van der Waals surface area contributed by atoms with Gasteiger partial charge in [-0.05, 0) is 18.4 Å². The Kier molecular flexibility index (Phi) is 7.25. The summed E-state index contributed by atoms with van der Waals surface area (Å²) in [5.41, 5.74) is 1.96. The van der Waals surface area contributed by atoms with Crippen molar-refractivity contribution in [2.24, 2.45) is 5.92 Å². The average molecular weight is 320 g/mol. The highest BCUT2D eigenvalue weighted by Gasteiger charge is 2.17. The molecule has 23 heavy (non-hydrogen) atoms. The zero-order chi connectivity index (χ0) is 17.4. The number of benzene rings is 1. The van der Waals surface area contributed by atoms with E-state index in [1.807, 2.05) is 31.2 Å². The summed E-state index contributed by atoms with van der Waals surface area (Å²) in [6.45, 7) is 5.44. The van der Waals surface area contributed by atoms with Crippen LogP contribution >= 0.6 is 0 Å². The van der Waals surface area contributed by atoms with E-state index in [0.29, 0.717) is 6.54 Å². The van der Waals surface area contributed by atoms with Crippen molar-refractivity contribution in [2.75, 3.05) is 6.54 Å². The van der Waals surface area contributed by atoms with E-state index in [4.69, 9.17) is 5.11 Å². The monoisotopic (exact) mass is 320 g/mol. The molecule has 0 saturated heterocycles. The lowest BCUT2D eigenvalue weighted by molar-refractivity contribution is -0.138. The maximum Gasteiger partial charge on any atom is 0.303 e. The summed E-state index contributed by atoms with van der Waals surface area (Å²) in [5.74, 6) is -1.46. The predicted octanol–water partition coefficient (Wildman–Crippen LogP) is 1.79. The number of carboxylic acid groups (broad SMARTS) is 1. The first-order valence-corrected chi connectivity index (χ1v) is 7.60. The van der Waals surface area contributed by atoms with Gasteiger partial charge in [0, 0.05) is 19.9 Å². The fourth-order valence-corrected chi connectivity index (χ4v) is 2.21. The van der Waals surface area contributed by atoms with E-state index < -0.39 is 12.0 Å². The Morgan fingerprint density at radius 2 is 1.74 bits per heavy atom. The first-order chi connectivity index (χ1) is 10.8. The van der Waals surface area contributed by atoms with Crippen LogP contribution in [0.15, 0.2) is 24.3 Å². The molecule has 0 aliphatic heterocycles. The van der Waals surface area contributed by atoms with Crippen molar-refractivity contribution in [3.05, 3.63) is 35.4 Å². The van der Waals surface area contributed by atoms with Gasteiger partial charge in [-0.1, -0.05) is 36.8 Å². The number of hydrogen-bond donors (Lipinski definition) is 3. The van der Waals surface area contributed by atoms with Crippen LogP contribution in [0.4, 0.5) is 0 Å². The van der Waals surface area contributed by atoms with Gasteiger partial charge in [0.1, 0.15) is 0 Å². The molecule has 0 heterocycles. The van der Waals surface area contributed by atoms with E-state index in [0.717, 1.165) is 11.1 Å². The minimum absolute atomic E-state index is 0.00731. The zero-order valence-electron chi connectivity index (χ0n) is 13.8. The minimum Gasteiger partial charge on any atom is -0.481 e. The number of carboxylic acids is 1. The van der Waals surface area contributed by atoms with Gasteiger partial charge in [-0.15, -0.1) is 0 Å². The van der Waals surface area contributed by atoms with Crippen LogP contribution in [0.25, 0.3) is 0 Å². The molecule has 1 rings (SSSR count). The molecule has 126 valence electrons. The van der Waals surface area contributed by atoms with Crippen LogP contribution in [0.5, 0.6) is 0 Å². The Balaban J connectivity index is 2.62. The molecule has 2 atom stereocenters. The molecule has 0 radical (unpaired) electrons. The van der Waals surface area contributed by atoms with Crippen molar-refractivity contribution in [1.82, 2.24) is 10.6 Å². The van der Waals surface area contributed by atoms with E-state index in [9.17, 15) is 14.4 Å². The molecular weight excluding hydrogens is 296 g/mol. The average Bonchev–Trinajstić information content (AvgIpc) is 2.44. The van der Waals surface area contributed by atoms with E-state index in [2.05, 4.69) is 10.6 Å². The number of amides is 2. The van der Waals surface area contributed by atoms with Crippen molar-refractivity contribution in [3.8, 4) is 0 Å². The highest BCUT2D eigenvalue weighted by atomic mass is 16.4. The van der Waals surface area contributed by atoms with Crippen LogP contribution in [-0.2, 0) is 14.4 Å². The topological polar surface area (TPSA) is 95.5 Å². The third-order valence-electron chi connectivity index (χ3n) is 3.42. The van der Waals surface area contributed by atoms with Crippen molar-refractivity contribution < 1.29 is 19.5 Å². The number of rotatable bonds is 8. The number of aryl methyl sites for hydroxylation is 1. The molecule has 0 saturated carbocycles. The molecule has 0 spiro atoms. The summed E-state index contributed by atoms with van der Waals surface area (Å²) in [4.78, 5) is 34.0. The maximum absolute atomic E-state index is 12.1. The summed E-state index contributed by atoms with van der Waals surface area (Å²) in [5, 5.41) is 14.2. The molecule has 2 amide bonds. The molecule has 3 N–H and O–H groups in total. The normalized spacial score (nSPS) is 13.0. The Labute approximate surface area is 136 Å². The molecule has 0 bridgehead atoms. The first kappa shape index (κ1) is 18.7. The second kappa shape index (κ2) is 8.92. The Hall–Kier alpha value is -2.37. The number of carbonyl (C=O) groups excluding carboxylic acids is 2. The van der Waals surface area contributed by atoms with Gasteiger partial charge in [-0.2, -0.15) is 0 Å². The first-order valence-electron chi connectivity index (χ1n) is 7.60. The summed E-state index contributed by atoms with van der Waals surface area (Å²) in [7, 11) is 0. The molecule has 0 fully saturated rings. The summed E-state index contributed by atoms with van der Waals surface area (Å²) in [6.07, 6.45) is 0.121. The smallest absolute Gasteiger partial charge is 0.303 e. The van der Waals surface area contributed by atoms with Crippen molar-refractivity contribution in [1.29, 1.82) is 0 Å². The number of nitrogens with one attached hydrogen (secondary N) is 2. The van der Waals surface area contributed by atoms with Crippen molar-refractivity contribution in [3.63, 3.8) is 0 Å². The van der Waals surface area contributed by atoms with Gasteiger partial charge in [0.05, 0.1) is 12.5 Å². The van der Waals surface area contributed by atoms with Gasteiger partial charge in [-0.3, -0.25) is 14.4 Å². The van der Waals surface area contributed by atoms with Gasteiger partial charge in [0.2, 0.25) is 11.8 Å². The van der Waals surface area contributed by atoms with Crippen molar-refractivity contribution >= 4 is 17.8 Å². The lowest BCUT2D eigenvalue weighted by atomic mass is 10.0. The Morgan fingerprint density at radius 1 is 1.13 bits per heavy atom. The number of hydrogen-bond acceptors (Lipinski definition) is 3. The molecule has 0 aromatic heterocycles. The minimum atomic E-state index is -0.887. The van der Waals surface area contributed by atoms with Crippen LogP contribution < -0.4 is 10.6 Å². The highest BCUT2D eigenvalue weighted by molar-refractivity contribution is 5.79. The van der Waals surface area contributed by atoms with Gasteiger partial charge < -0.3 is 15.7 Å². The van der Waals surface area contributed by atoms with Crippen LogP contribution in [0, 0.1) is 12.8 Å². The summed E-state index contributed by atoms with van der Waals surface area (Å²) < 4.78 is 0. The molecule has 2 unspecified atom stereocenters. The van der Waals surface area contributed by atoms with E-state index in [-0.39, 0.29) is 30.6 Å². The summed E-state index contributed by atoms with van der Waals surface area (Å²) in [6, 6.07) is 7.23. The quantitative estimate of drug-likeness (QED) is 0.680. The Morgan fingerprint density at radius 3 is 2.26 bits per heavy atom. The van der Waals surface area contributed by atoms with Crippen molar-refractivity contribution in [2.45, 2.75) is 39.7 Å². The highest BCUT2D eigenvalue weighted by Crippen LogP contribution is 2.17. The lowest BCUT2D eigenvalue weighted by Crippen LogP contribution is -2.34. The maximum atomic E-state index is 12.1. The zero-order valence-corrected chi connectivity index (χ0v) is 13.8.